The zero-order valence-electron chi connectivity index (χ0n) is 12.4. The number of nitrogens with one attached hydrogen (secondary N) is 1. The molecule has 20 heavy (non-hydrogen) atoms. The second-order valence-electron chi connectivity index (χ2n) is 5.32. The van der Waals surface area contributed by atoms with Crippen LogP contribution < -0.4 is 14.8 Å². The lowest BCUT2D eigenvalue weighted by Gasteiger charge is -2.26. The molecule has 0 bridgehead atoms. The molecular formula is C16H25NO3. The highest BCUT2D eigenvalue weighted by molar-refractivity contribution is 5.42. The minimum absolute atomic E-state index is 0.142. The van der Waals surface area contributed by atoms with E-state index in [1.165, 1.54) is 5.56 Å². The van der Waals surface area contributed by atoms with Gasteiger partial charge in [0.1, 0.15) is 0 Å². The summed E-state index contributed by atoms with van der Waals surface area (Å²) in [7, 11) is 1.65. The van der Waals surface area contributed by atoms with Gasteiger partial charge in [-0.25, -0.2) is 0 Å². The Morgan fingerprint density at radius 2 is 2.15 bits per heavy atom. The Balaban J connectivity index is 1.93. The van der Waals surface area contributed by atoms with Crippen molar-refractivity contribution >= 4 is 0 Å². The first-order valence-electron chi connectivity index (χ1n) is 7.44. The van der Waals surface area contributed by atoms with Gasteiger partial charge in [-0.2, -0.15) is 0 Å². The molecule has 1 fully saturated rings. The second kappa shape index (κ2) is 7.50. The molecule has 1 aliphatic rings. The van der Waals surface area contributed by atoms with E-state index in [1.807, 2.05) is 25.1 Å². The standard InChI is InChI=1S/C16H25NO3/c1-3-20-16-9-12(7-8-15(16)19-2)11-17-13-5-4-6-14(18)10-13/h7-9,13-14,17-18H,3-6,10-11H2,1-2H3. The van der Waals surface area contributed by atoms with Crippen molar-refractivity contribution in [1.82, 2.24) is 5.32 Å². The minimum Gasteiger partial charge on any atom is -0.493 e. The summed E-state index contributed by atoms with van der Waals surface area (Å²) >= 11 is 0. The number of aliphatic hydroxyl groups excluding tert-OH is 1. The Labute approximate surface area is 121 Å². The smallest absolute Gasteiger partial charge is 0.161 e. The van der Waals surface area contributed by atoms with Crippen LogP contribution in [0.15, 0.2) is 18.2 Å². The number of methoxy groups -OCH3 is 1. The van der Waals surface area contributed by atoms with E-state index < -0.39 is 0 Å². The van der Waals surface area contributed by atoms with Crippen LogP contribution in [-0.4, -0.2) is 31.0 Å². The van der Waals surface area contributed by atoms with Crippen molar-refractivity contribution < 1.29 is 14.6 Å². The number of rotatable bonds is 6. The highest BCUT2D eigenvalue weighted by Crippen LogP contribution is 2.28. The molecule has 1 aromatic rings. The van der Waals surface area contributed by atoms with Gasteiger partial charge in [0.2, 0.25) is 0 Å². The average molecular weight is 279 g/mol. The first-order valence-corrected chi connectivity index (χ1v) is 7.44. The predicted octanol–water partition coefficient (Wildman–Crippen LogP) is 2.49. The number of ether oxygens (including phenoxy) is 2. The number of benzene rings is 1. The number of aliphatic hydroxyl groups is 1. The van der Waals surface area contributed by atoms with E-state index in [2.05, 4.69) is 5.32 Å². The third-order valence-electron chi connectivity index (χ3n) is 3.77. The molecule has 0 amide bonds. The van der Waals surface area contributed by atoms with Crippen LogP contribution >= 0.6 is 0 Å². The highest BCUT2D eigenvalue weighted by atomic mass is 16.5. The first kappa shape index (κ1) is 15.1. The Kier molecular flexibility index (Phi) is 5.68. The Bertz CT molecular complexity index is 422. The summed E-state index contributed by atoms with van der Waals surface area (Å²) in [6.07, 6.45) is 3.90. The van der Waals surface area contributed by atoms with Gasteiger partial charge < -0.3 is 19.9 Å². The topological polar surface area (TPSA) is 50.7 Å². The van der Waals surface area contributed by atoms with Crippen LogP contribution in [0.4, 0.5) is 0 Å². The van der Waals surface area contributed by atoms with Gasteiger partial charge in [-0.3, -0.25) is 0 Å². The van der Waals surface area contributed by atoms with Gasteiger partial charge in [-0.1, -0.05) is 6.07 Å². The molecule has 4 heteroatoms. The average Bonchev–Trinajstić information content (AvgIpc) is 2.46. The Morgan fingerprint density at radius 3 is 2.85 bits per heavy atom. The van der Waals surface area contributed by atoms with Gasteiger partial charge in [-0.05, 0) is 50.3 Å². The summed E-state index contributed by atoms with van der Waals surface area (Å²) in [5.74, 6) is 1.56. The highest BCUT2D eigenvalue weighted by Gasteiger charge is 2.19. The number of hydrogen-bond acceptors (Lipinski definition) is 4. The third kappa shape index (κ3) is 4.12. The van der Waals surface area contributed by atoms with Gasteiger partial charge in [0, 0.05) is 12.6 Å². The fourth-order valence-electron chi connectivity index (χ4n) is 2.71. The van der Waals surface area contributed by atoms with Crippen molar-refractivity contribution in [3.05, 3.63) is 23.8 Å². The van der Waals surface area contributed by atoms with Crippen LogP contribution in [-0.2, 0) is 6.54 Å². The van der Waals surface area contributed by atoms with E-state index in [9.17, 15) is 5.11 Å². The van der Waals surface area contributed by atoms with Crippen molar-refractivity contribution in [2.75, 3.05) is 13.7 Å². The van der Waals surface area contributed by atoms with Crippen molar-refractivity contribution in [3.8, 4) is 11.5 Å². The molecule has 0 saturated heterocycles. The zero-order valence-corrected chi connectivity index (χ0v) is 12.4. The molecule has 2 rings (SSSR count). The summed E-state index contributed by atoms with van der Waals surface area (Å²) in [6.45, 7) is 3.39. The van der Waals surface area contributed by atoms with E-state index in [0.717, 1.165) is 43.7 Å². The molecule has 2 unspecified atom stereocenters. The molecule has 0 heterocycles. The van der Waals surface area contributed by atoms with Gasteiger partial charge in [-0.15, -0.1) is 0 Å². The Hall–Kier alpha value is -1.26. The van der Waals surface area contributed by atoms with Crippen molar-refractivity contribution in [3.63, 3.8) is 0 Å². The molecule has 2 atom stereocenters. The van der Waals surface area contributed by atoms with E-state index in [-0.39, 0.29) is 6.10 Å². The van der Waals surface area contributed by atoms with Gasteiger partial charge in [0.25, 0.3) is 0 Å². The van der Waals surface area contributed by atoms with Crippen LogP contribution in [0.2, 0.25) is 0 Å². The molecule has 112 valence electrons. The molecule has 1 aromatic carbocycles. The largest absolute Gasteiger partial charge is 0.493 e. The van der Waals surface area contributed by atoms with Crippen LogP contribution in [0.3, 0.4) is 0 Å². The van der Waals surface area contributed by atoms with Crippen LogP contribution in [0.5, 0.6) is 11.5 Å². The quantitative estimate of drug-likeness (QED) is 0.840. The molecule has 4 nitrogen and oxygen atoms in total. The molecule has 1 saturated carbocycles. The van der Waals surface area contributed by atoms with Crippen molar-refractivity contribution in [2.45, 2.75) is 51.3 Å². The number of hydrogen-bond donors (Lipinski definition) is 2. The van der Waals surface area contributed by atoms with Crippen LogP contribution in [0, 0.1) is 0 Å². The maximum Gasteiger partial charge on any atom is 0.161 e. The predicted molar refractivity (Wildman–Crippen MR) is 79.3 cm³/mol. The zero-order chi connectivity index (χ0) is 14.4. The molecule has 0 aromatic heterocycles. The molecule has 2 N–H and O–H groups in total. The van der Waals surface area contributed by atoms with E-state index in [4.69, 9.17) is 9.47 Å². The lowest BCUT2D eigenvalue weighted by Crippen LogP contribution is -2.35. The lowest BCUT2D eigenvalue weighted by atomic mass is 9.93. The molecule has 0 spiro atoms. The molecule has 0 radical (unpaired) electrons. The van der Waals surface area contributed by atoms with Crippen LogP contribution in [0.1, 0.15) is 38.2 Å². The third-order valence-corrected chi connectivity index (χ3v) is 3.77. The fourth-order valence-corrected chi connectivity index (χ4v) is 2.71. The summed E-state index contributed by atoms with van der Waals surface area (Å²) < 4.78 is 10.9. The summed E-state index contributed by atoms with van der Waals surface area (Å²) in [5.41, 5.74) is 1.18. The van der Waals surface area contributed by atoms with Crippen molar-refractivity contribution in [1.29, 1.82) is 0 Å². The van der Waals surface area contributed by atoms with Gasteiger partial charge >= 0.3 is 0 Å². The molecule has 1 aliphatic carbocycles. The maximum absolute atomic E-state index is 9.68. The summed E-state index contributed by atoms with van der Waals surface area (Å²) in [6, 6.07) is 6.43. The lowest BCUT2D eigenvalue weighted by molar-refractivity contribution is 0.111. The molecular weight excluding hydrogens is 254 g/mol. The maximum atomic E-state index is 9.68. The van der Waals surface area contributed by atoms with Gasteiger partial charge in [0.05, 0.1) is 19.8 Å². The summed E-state index contributed by atoms with van der Waals surface area (Å²) in [5, 5.41) is 13.2. The van der Waals surface area contributed by atoms with Crippen molar-refractivity contribution in [2.24, 2.45) is 0 Å². The van der Waals surface area contributed by atoms with E-state index in [1.54, 1.807) is 7.11 Å². The van der Waals surface area contributed by atoms with Gasteiger partial charge in [0.15, 0.2) is 11.5 Å². The SMILES string of the molecule is CCOc1cc(CNC2CCCC(O)C2)ccc1OC. The first-order chi connectivity index (χ1) is 9.72. The summed E-state index contributed by atoms with van der Waals surface area (Å²) in [4.78, 5) is 0. The molecule has 0 aliphatic heterocycles. The monoisotopic (exact) mass is 279 g/mol. The second-order valence-corrected chi connectivity index (χ2v) is 5.32. The van der Waals surface area contributed by atoms with Crippen LogP contribution in [0.25, 0.3) is 0 Å². The van der Waals surface area contributed by atoms with E-state index >= 15 is 0 Å². The Morgan fingerprint density at radius 1 is 1.30 bits per heavy atom. The van der Waals surface area contributed by atoms with E-state index in [0.29, 0.717) is 12.6 Å². The normalized spacial score (nSPS) is 22.6. The fraction of sp³-hybridized carbons (Fsp3) is 0.625. The minimum atomic E-state index is -0.142.